The zero-order chi connectivity index (χ0) is 8.72. The first-order valence-corrected chi connectivity index (χ1v) is 3.85. The van der Waals surface area contributed by atoms with Gasteiger partial charge in [0.25, 0.3) is 0 Å². The van der Waals surface area contributed by atoms with Gasteiger partial charge >= 0.3 is 0 Å². The quantitative estimate of drug-likeness (QED) is 0.573. The van der Waals surface area contributed by atoms with Gasteiger partial charge < -0.3 is 5.11 Å². The van der Waals surface area contributed by atoms with E-state index in [1.165, 1.54) is 0 Å². The molecule has 2 rings (SSSR count). The molecule has 0 saturated heterocycles. The van der Waals surface area contributed by atoms with Gasteiger partial charge in [0.2, 0.25) is 0 Å². The summed E-state index contributed by atoms with van der Waals surface area (Å²) in [7, 11) is 1.80. The van der Waals surface area contributed by atoms with Crippen molar-refractivity contribution in [1.29, 1.82) is 5.26 Å². The second kappa shape index (κ2) is 2.32. The Morgan fingerprint density at radius 2 is 2.42 bits per heavy atom. The van der Waals surface area contributed by atoms with E-state index in [-0.39, 0.29) is 6.10 Å². The summed E-state index contributed by atoms with van der Waals surface area (Å²) >= 11 is 0. The van der Waals surface area contributed by atoms with E-state index in [1.54, 1.807) is 11.7 Å². The molecule has 62 valence electrons. The van der Waals surface area contributed by atoms with Crippen molar-refractivity contribution in [3.05, 3.63) is 17.0 Å². The topological polar surface area (TPSA) is 61.8 Å². The highest BCUT2D eigenvalue weighted by Crippen LogP contribution is 2.24. The Balaban J connectivity index is 2.54. The van der Waals surface area contributed by atoms with Gasteiger partial charge in [0.15, 0.2) is 5.69 Å². The first kappa shape index (κ1) is 7.32. The molecule has 0 aliphatic heterocycles. The van der Waals surface area contributed by atoms with Crippen LogP contribution in [0.1, 0.15) is 17.0 Å². The maximum Gasteiger partial charge on any atom is 0.166 e. The van der Waals surface area contributed by atoms with Crippen LogP contribution in [0.4, 0.5) is 0 Å². The number of hydrogen-bond donors (Lipinski definition) is 1. The standard InChI is InChI=1S/C8H9N3O/c1-11-8-3-5(12)2-6(8)7(4-9)10-11/h5,12H,2-3H2,1H3. The van der Waals surface area contributed by atoms with Crippen LogP contribution in [0.3, 0.4) is 0 Å². The van der Waals surface area contributed by atoms with Gasteiger partial charge in [-0.05, 0) is 0 Å². The Labute approximate surface area is 70.0 Å². The highest BCUT2D eigenvalue weighted by Gasteiger charge is 2.26. The van der Waals surface area contributed by atoms with Crippen molar-refractivity contribution < 1.29 is 5.11 Å². The molecule has 1 aliphatic carbocycles. The second-order valence-corrected chi connectivity index (χ2v) is 3.07. The lowest BCUT2D eigenvalue weighted by Gasteiger charge is -1.98. The first-order chi connectivity index (χ1) is 5.72. The summed E-state index contributed by atoms with van der Waals surface area (Å²) in [4.78, 5) is 0. The molecule has 1 aromatic heterocycles. The van der Waals surface area contributed by atoms with Crippen LogP contribution in [0.5, 0.6) is 0 Å². The van der Waals surface area contributed by atoms with Crippen molar-refractivity contribution in [1.82, 2.24) is 9.78 Å². The molecule has 4 nitrogen and oxygen atoms in total. The van der Waals surface area contributed by atoms with Gasteiger partial charge in [-0.1, -0.05) is 0 Å². The Morgan fingerprint density at radius 1 is 1.67 bits per heavy atom. The summed E-state index contributed by atoms with van der Waals surface area (Å²) in [5.41, 5.74) is 2.38. The Hall–Kier alpha value is -1.34. The zero-order valence-corrected chi connectivity index (χ0v) is 6.78. The lowest BCUT2D eigenvalue weighted by molar-refractivity contribution is 0.185. The van der Waals surface area contributed by atoms with Gasteiger partial charge in [0, 0.05) is 31.1 Å². The number of nitriles is 1. The third-order valence-corrected chi connectivity index (χ3v) is 2.25. The molecule has 1 atom stereocenters. The van der Waals surface area contributed by atoms with Crippen LogP contribution in [-0.2, 0) is 19.9 Å². The lowest BCUT2D eigenvalue weighted by Crippen LogP contribution is -2.08. The van der Waals surface area contributed by atoms with Crippen molar-refractivity contribution in [2.45, 2.75) is 18.9 Å². The number of aliphatic hydroxyl groups excluding tert-OH is 1. The molecule has 0 fully saturated rings. The van der Waals surface area contributed by atoms with Gasteiger partial charge in [0.05, 0.1) is 6.10 Å². The smallest absolute Gasteiger partial charge is 0.166 e. The Kier molecular flexibility index (Phi) is 1.42. The number of hydrogen-bond acceptors (Lipinski definition) is 3. The number of nitrogens with zero attached hydrogens (tertiary/aromatic N) is 3. The summed E-state index contributed by atoms with van der Waals surface area (Å²) < 4.78 is 1.68. The van der Waals surface area contributed by atoms with E-state index in [0.29, 0.717) is 18.5 Å². The molecule has 0 aromatic carbocycles. The first-order valence-electron chi connectivity index (χ1n) is 3.85. The van der Waals surface area contributed by atoms with E-state index in [4.69, 9.17) is 5.26 Å². The van der Waals surface area contributed by atoms with Gasteiger partial charge in [0.1, 0.15) is 6.07 Å². The molecule has 1 unspecified atom stereocenters. The van der Waals surface area contributed by atoms with Crippen LogP contribution in [0, 0.1) is 11.3 Å². The van der Waals surface area contributed by atoms with Crippen molar-refractivity contribution in [3.63, 3.8) is 0 Å². The normalized spacial score (nSPS) is 20.6. The third-order valence-electron chi connectivity index (χ3n) is 2.25. The minimum Gasteiger partial charge on any atom is -0.392 e. The number of aliphatic hydroxyl groups is 1. The van der Waals surface area contributed by atoms with E-state index < -0.39 is 0 Å². The second-order valence-electron chi connectivity index (χ2n) is 3.07. The number of aromatic nitrogens is 2. The molecule has 1 aromatic rings. The van der Waals surface area contributed by atoms with Crippen molar-refractivity contribution >= 4 is 0 Å². The van der Waals surface area contributed by atoms with Crippen LogP contribution >= 0.6 is 0 Å². The summed E-state index contributed by atoms with van der Waals surface area (Å²) in [6, 6.07) is 2.03. The summed E-state index contributed by atoms with van der Waals surface area (Å²) in [5.74, 6) is 0. The molecule has 0 saturated carbocycles. The molecule has 0 spiro atoms. The molecule has 0 amide bonds. The van der Waals surface area contributed by atoms with E-state index >= 15 is 0 Å². The third kappa shape index (κ3) is 0.836. The average molecular weight is 163 g/mol. The largest absolute Gasteiger partial charge is 0.392 e. The fraction of sp³-hybridized carbons (Fsp3) is 0.500. The highest BCUT2D eigenvalue weighted by molar-refractivity contribution is 5.39. The van der Waals surface area contributed by atoms with Crippen molar-refractivity contribution in [3.8, 4) is 6.07 Å². The van der Waals surface area contributed by atoms with E-state index in [1.807, 2.05) is 6.07 Å². The monoisotopic (exact) mass is 163 g/mol. The zero-order valence-electron chi connectivity index (χ0n) is 6.78. The SMILES string of the molecule is Cn1nc(C#N)c2c1CC(O)C2. The fourth-order valence-electron chi connectivity index (χ4n) is 1.69. The molecule has 12 heavy (non-hydrogen) atoms. The molecule has 1 N–H and O–H groups in total. The summed E-state index contributed by atoms with van der Waals surface area (Å²) in [6.45, 7) is 0. The molecule has 1 aliphatic rings. The summed E-state index contributed by atoms with van der Waals surface area (Å²) in [6.07, 6.45) is 0.878. The van der Waals surface area contributed by atoms with Crippen molar-refractivity contribution in [2.24, 2.45) is 7.05 Å². The number of aryl methyl sites for hydroxylation is 1. The van der Waals surface area contributed by atoms with Gasteiger partial charge in [-0.25, -0.2) is 0 Å². The van der Waals surface area contributed by atoms with Gasteiger partial charge in [-0.15, -0.1) is 0 Å². The predicted octanol–water partition coefficient (Wildman–Crippen LogP) is -0.249. The van der Waals surface area contributed by atoms with Crippen LogP contribution in [0.2, 0.25) is 0 Å². The van der Waals surface area contributed by atoms with Crippen molar-refractivity contribution in [2.75, 3.05) is 0 Å². The maximum atomic E-state index is 9.33. The van der Waals surface area contributed by atoms with E-state index in [9.17, 15) is 5.11 Å². The molecule has 1 heterocycles. The molecule has 0 bridgehead atoms. The van der Waals surface area contributed by atoms with Crippen LogP contribution in [-0.4, -0.2) is 21.0 Å². The van der Waals surface area contributed by atoms with Gasteiger partial charge in [-0.2, -0.15) is 10.4 Å². The minimum atomic E-state index is -0.323. The molecule has 4 heteroatoms. The molecular formula is C8H9N3O. The Bertz CT molecular complexity index is 361. The maximum absolute atomic E-state index is 9.33. The van der Waals surface area contributed by atoms with Gasteiger partial charge in [-0.3, -0.25) is 4.68 Å². The highest BCUT2D eigenvalue weighted by atomic mass is 16.3. The van der Waals surface area contributed by atoms with Crippen LogP contribution in [0.25, 0.3) is 0 Å². The predicted molar refractivity (Wildman–Crippen MR) is 41.3 cm³/mol. The number of fused-ring (bicyclic) bond motifs is 1. The average Bonchev–Trinajstić information content (AvgIpc) is 2.52. The number of rotatable bonds is 0. The van der Waals surface area contributed by atoms with Crippen LogP contribution < -0.4 is 0 Å². The van der Waals surface area contributed by atoms with E-state index in [2.05, 4.69) is 5.10 Å². The summed E-state index contributed by atoms with van der Waals surface area (Å²) in [5, 5.41) is 22.1. The molecular weight excluding hydrogens is 154 g/mol. The lowest BCUT2D eigenvalue weighted by atomic mass is 10.2. The fourth-order valence-corrected chi connectivity index (χ4v) is 1.69. The molecule has 0 radical (unpaired) electrons. The van der Waals surface area contributed by atoms with E-state index in [0.717, 1.165) is 11.3 Å². The van der Waals surface area contributed by atoms with Crippen LogP contribution in [0.15, 0.2) is 0 Å². The minimum absolute atomic E-state index is 0.323. The Morgan fingerprint density at radius 3 is 3.08 bits per heavy atom.